The lowest BCUT2D eigenvalue weighted by atomic mass is 9.95. The number of carboxylic acid groups (broad SMARTS) is 1. The van der Waals surface area contributed by atoms with E-state index in [0.29, 0.717) is 5.69 Å². The van der Waals surface area contributed by atoms with Gasteiger partial charge in [0.15, 0.2) is 0 Å². The van der Waals surface area contributed by atoms with Crippen LogP contribution in [-0.2, 0) is 11.2 Å². The standard InChI is InChI=1S/C14H22N4O3/c1-18(11-5-3-2-4-6-11)14(21)17-12(13(19)20)7-10-8-15-9-16-10/h8-9,11-12H,2-7H2,1H3,(H,15,16)(H,17,21)(H,19,20)/t12-/m1/s1. The van der Waals surface area contributed by atoms with E-state index in [0.717, 1.165) is 25.7 Å². The van der Waals surface area contributed by atoms with Crippen LogP contribution < -0.4 is 5.32 Å². The molecule has 1 aromatic heterocycles. The highest BCUT2D eigenvalue weighted by molar-refractivity contribution is 5.82. The normalized spacial score (nSPS) is 17.2. The van der Waals surface area contributed by atoms with Crippen molar-refractivity contribution >= 4 is 12.0 Å². The van der Waals surface area contributed by atoms with Crippen LogP contribution in [0.5, 0.6) is 0 Å². The van der Waals surface area contributed by atoms with E-state index in [1.54, 1.807) is 18.1 Å². The van der Waals surface area contributed by atoms with Crippen molar-refractivity contribution in [2.75, 3.05) is 7.05 Å². The molecule has 0 bridgehead atoms. The molecule has 0 aromatic carbocycles. The predicted molar refractivity (Wildman–Crippen MR) is 76.9 cm³/mol. The Bertz CT molecular complexity index is 469. The van der Waals surface area contributed by atoms with E-state index in [4.69, 9.17) is 0 Å². The van der Waals surface area contributed by atoms with Crippen molar-refractivity contribution in [3.05, 3.63) is 18.2 Å². The number of rotatable bonds is 5. The first-order valence-electron chi connectivity index (χ1n) is 7.31. The van der Waals surface area contributed by atoms with Crippen LogP contribution in [0.15, 0.2) is 12.5 Å². The van der Waals surface area contributed by atoms with Crippen molar-refractivity contribution in [3.8, 4) is 0 Å². The fourth-order valence-corrected chi connectivity index (χ4v) is 2.70. The zero-order valence-electron chi connectivity index (χ0n) is 12.2. The van der Waals surface area contributed by atoms with E-state index < -0.39 is 12.0 Å². The van der Waals surface area contributed by atoms with E-state index in [-0.39, 0.29) is 18.5 Å². The number of amides is 2. The average molecular weight is 294 g/mol. The Kier molecular flexibility index (Phi) is 5.19. The lowest BCUT2D eigenvalue weighted by Gasteiger charge is -2.32. The number of carbonyl (C=O) groups excluding carboxylic acids is 1. The van der Waals surface area contributed by atoms with Gasteiger partial charge < -0.3 is 20.3 Å². The maximum atomic E-state index is 12.2. The molecule has 7 nitrogen and oxygen atoms in total. The number of aliphatic carboxylic acids is 1. The van der Waals surface area contributed by atoms with Crippen molar-refractivity contribution < 1.29 is 14.7 Å². The zero-order valence-corrected chi connectivity index (χ0v) is 12.2. The number of hydrogen-bond donors (Lipinski definition) is 3. The van der Waals surface area contributed by atoms with Crippen LogP contribution in [0.1, 0.15) is 37.8 Å². The molecule has 1 aliphatic carbocycles. The fraction of sp³-hybridized carbons (Fsp3) is 0.643. The second-order valence-electron chi connectivity index (χ2n) is 5.52. The van der Waals surface area contributed by atoms with Gasteiger partial charge in [0.05, 0.1) is 6.33 Å². The van der Waals surface area contributed by atoms with Gasteiger partial charge in [0.25, 0.3) is 0 Å². The average Bonchev–Trinajstić information content (AvgIpc) is 2.99. The highest BCUT2D eigenvalue weighted by atomic mass is 16.4. The Hall–Kier alpha value is -2.05. The molecule has 1 aromatic rings. The third-order valence-electron chi connectivity index (χ3n) is 4.02. The van der Waals surface area contributed by atoms with Crippen LogP contribution in [0.3, 0.4) is 0 Å². The Balaban J connectivity index is 1.92. The topological polar surface area (TPSA) is 98.3 Å². The molecule has 7 heteroatoms. The van der Waals surface area contributed by atoms with Gasteiger partial charge >= 0.3 is 12.0 Å². The third-order valence-corrected chi connectivity index (χ3v) is 4.02. The van der Waals surface area contributed by atoms with E-state index in [1.165, 1.54) is 12.7 Å². The van der Waals surface area contributed by atoms with E-state index in [2.05, 4.69) is 15.3 Å². The highest BCUT2D eigenvalue weighted by Gasteiger charge is 2.26. The number of aromatic nitrogens is 2. The van der Waals surface area contributed by atoms with Crippen molar-refractivity contribution in [2.45, 2.75) is 50.6 Å². The number of imidazole rings is 1. The molecule has 0 spiro atoms. The number of urea groups is 1. The summed E-state index contributed by atoms with van der Waals surface area (Å²) in [4.78, 5) is 31.8. The minimum Gasteiger partial charge on any atom is -0.480 e. The fourth-order valence-electron chi connectivity index (χ4n) is 2.70. The van der Waals surface area contributed by atoms with Gasteiger partial charge in [-0.05, 0) is 12.8 Å². The Morgan fingerprint density at radius 1 is 1.48 bits per heavy atom. The molecule has 1 fully saturated rings. The number of H-pyrrole nitrogens is 1. The minimum absolute atomic E-state index is 0.194. The molecular formula is C14H22N4O3. The molecule has 0 unspecified atom stereocenters. The molecule has 1 aliphatic rings. The van der Waals surface area contributed by atoms with Gasteiger partial charge in [0, 0.05) is 31.4 Å². The van der Waals surface area contributed by atoms with Gasteiger partial charge in [-0.1, -0.05) is 19.3 Å². The molecule has 1 saturated carbocycles. The smallest absolute Gasteiger partial charge is 0.326 e. The van der Waals surface area contributed by atoms with Crippen LogP contribution in [-0.4, -0.2) is 51.1 Å². The predicted octanol–water partition coefficient (Wildman–Crippen LogP) is 1.38. The summed E-state index contributed by atoms with van der Waals surface area (Å²) < 4.78 is 0. The summed E-state index contributed by atoms with van der Waals surface area (Å²) in [7, 11) is 1.74. The summed E-state index contributed by atoms with van der Waals surface area (Å²) in [5.41, 5.74) is 0.683. The molecule has 3 N–H and O–H groups in total. The second-order valence-corrected chi connectivity index (χ2v) is 5.52. The van der Waals surface area contributed by atoms with Crippen molar-refractivity contribution in [3.63, 3.8) is 0 Å². The SMILES string of the molecule is CN(C(=O)N[C@H](Cc1cnc[nH]1)C(=O)O)C1CCCCC1. The summed E-state index contributed by atoms with van der Waals surface area (Å²) in [5.74, 6) is -1.05. The van der Waals surface area contributed by atoms with Gasteiger partial charge in [-0.15, -0.1) is 0 Å². The molecule has 1 atom stereocenters. The monoisotopic (exact) mass is 294 g/mol. The number of hydrogen-bond acceptors (Lipinski definition) is 3. The van der Waals surface area contributed by atoms with Gasteiger partial charge in [0.2, 0.25) is 0 Å². The summed E-state index contributed by atoms with van der Waals surface area (Å²) in [6.07, 6.45) is 8.68. The van der Waals surface area contributed by atoms with E-state index in [9.17, 15) is 14.7 Å². The largest absolute Gasteiger partial charge is 0.480 e. The summed E-state index contributed by atoms with van der Waals surface area (Å²) in [6, 6.07) is -1.07. The maximum absolute atomic E-state index is 12.2. The minimum atomic E-state index is -1.05. The number of nitrogens with one attached hydrogen (secondary N) is 2. The van der Waals surface area contributed by atoms with Crippen molar-refractivity contribution in [1.29, 1.82) is 0 Å². The number of carbonyl (C=O) groups is 2. The Morgan fingerprint density at radius 3 is 2.76 bits per heavy atom. The first-order valence-corrected chi connectivity index (χ1v) is 7.31. The first-order chi connectivity index (χ1) is 10.1. The zero-order chi connectivity index (χ0) is 15.2. The van der Waals surface area contributed by atoms with Crippen molar-refractivity contribution in [1.82, 2.24) is 20.2 Å². The van der Waals surface area contributed by atoms with Crippen LogP contribution in [0, 0.1) is 0 Å². The third kappa shape index (κ3) is 4.21. The van der Waals surface area contributed by atoms with Crippen LogP contribution in [0.2, 0.25) is 0 Å². The molecule has 0 aliphatic heterocycles. The molecule has 1 heterocycles. The maximum Gasteiger partial charge on any atom is 0.326 e. The number of carboxylic acids is 1. The number of aromatic amines is 1. The Labute approximate surface area is 123 Å². The first kappa shape index (κ1) is 15.3. The molecular weight excluding hydrogens is 272 g/mol. The van der Waals surface area contributed by atoms with Gasteiger partial charge in [-0.25, -0.2) is 14.6 Å². The van der Waals surface area contributed by atoms with Gasteiger partial charge in [-0.2, -0.15) is 0 Å². The Morgan fingerprint density at radius 2 is 2.19 bits per heavy atom. The van der Waals surface area contributed by atoms with Crippen LogP contribution >= 0.6 is 0 Å². The lowest BCUT2D eigenvalue weighted by Crippen LogP contribution is -2.50. The van der Waals surface area contributed by atoms with Gasteiger partial charge in [-0.3, -0.25) is 0 Å². The molecule has 0 saturated heterocycles. The molecule has 116 valence electrons. The quantitative estimate of drug-likeness (QED) is 0.764. The molecule has 21 heavy (non-hydrogen) atoms. The summed E-state index contributed by atoms with van der Waals surface area (Å²) in [6.45, 7) is 0. The highest BCUT2D eigenvalue weighted by Crippen LogP contribution is 2.21. The second kappa shape index (κ2) is 7.10. The van der Waals surface area contributed by atoms with E-state index >= 15 is 0 Å². The summed E-state index contributed by atoms with van der Waals surface area (Å²) in [5, 5.41) is 11.8. The molecule has 2 rings (SSSR count). The molecule has 0 radical (unpaired) electrons. The van der Waals surface area contributed by atoms with Crippen LogP contribution in [0.25, 0.3) is 0 Å². The lowest BCUT2D eigenvalue weighted by molar-refractivity contribution is -0.139. The number of nitrogens with zero attached hydrogens (tertiary/aromatic N) is 2. The van der Waals surface area contributed by atoms with Gasteiger partial charge in [0.1, 0.15) is 6.04 Å². The summed E-state index contributed by atoms with van der Waals surface area (Å²) >= 11 is 0. The van der Waals surface area contributed by atoms with E-state index in [1.807, 2.05) is 0 Å². The van der Waals surface area contributed by atoms with Crippen molar-refractivity contribution in [2.24, 2.45) is 0 Å². The molecule has 2 amide bonds. The van der Waals surface area contributed by atoms with Crippen LogP contribution in [0.4, 0.5) is 4.79 Å².